The summed E-state index contributed by atoms with van der Waals surface area (Å²) in [4.78, 5) is 10.9. The van der Waals surface area contributed by atoms with Crippen molar-refractivity contribution in [2.75, 3.05) is 0 Å². The predicted octanol–water partition coefficient (Wildman–Crippen LogP) is 5.26. The topological polar surface area (TPSA) is 57.5 Å². The van der Waals surface area contributed by atoms with Gasteiger partial charge in [0.15, 0.2) is 0 Å². The molecule has 0 aromatic rings. The number of hydrogen-bond donors (Lipinski definition) is 2. The van der Waals surface area contributed by atoms with E-state index in [9.17, 15) is 9.90 Å². The zero-order valence-electron chi connectivity index (χ0n) is 16.8. The SMILES string of the molecule is CC12CCC3C(C(O)CC4CCCCC43C)C1CCC2CCCC(=O)O. The van der Waals surface area contributed by atoms with Crippen molar-refractivity contribution in [3.8, 4) is 0 Å². The molecule has 4 fully saturated rings. The Hall–Kier alpha value is -0.570. The van der Waals surface area contributed by atoms with E-state index in [-0.39, 0.29) is 6.10 Å². The molecule has 0 bridgehead atoms. The van der Waals surface area contributed by atoms with Crippen molar-refractivity contribution < 1.29 is 15.0 Å². The van der Waals surface area contributed by atoms with Crippen LogP contribution in [-0.4, -0.2) is 22.3 Å². The summed E-state index contributed by atoms with van der Waals surface area (Å²) in [5.41, 5.74) is 0.795. The smallest absolute Gasteiger partial charge is 0.303 e. The van der Waals surface area contributed by atoms with Gasteiger partial charge in [-0.15, -0.1) is 0 Å². The first kappa shape index (κ1) is 18.8. The Bertz CT molecular complexity index is 546. The number of fused-ring (bicyclic) bond motifs is 5. The fourth-order valence-electron chi connectivity index (χ4n) is 8.34. The van der Waals surface area contributed by atoms with Crippen LogP contribution in [0.1, 0.15) is 90.9 Å². The lowest BCUT2D eigenvalue weighted by atomic mass is 9.44. The van der Waals surface area contributed by atoms with Gasteiger partial charge in [-0.3, -0.25) is 4.79 Å². The molecule has 0 spiro atoms. The summed E-state index contributed by atoms with van der Waals surface area (Å²) in [5, 5.41) is 20.2. The Labute approximate surface area is 158 Å². The third-order valence-corrected chi connectivity index (χ3v) is 9.74. The molecule has 4 aliphatic carbocycles. The van der Waals surface area contributed by atoms with Gasteiger partial charge in [-0.25, -0.2) is 0 Å². The Morgan fingerprint density at radius 2 is 1.77 bits per heavy atom. The fraction of sp³-hybridized carbons (Fsp3) is 0.957. The van der Waals surface area contributed by atoms with E-state index in [1.165, 1.54) is 51.4 Å². The van der Waals surface area contributed by atoms with Crippen molar-refractivity contribution in [1.29, 1.82) is 0 Å². The van der Waals surface area contributed by atoms with Crippen LogP contribution in [-0.2, 0) is 4.79 Å². The van der Waals surface area contributed by atoms with Crippen LogP contribution in [0.15, 0.2) is 0 Å². The highest BCUT2D eigenvalue weighted by Gasteiger charge is 2.61. The summed E-state index contributed by atoms with van der Waals surface area (Å²) in [6.45, 7) is 5.04. The Balaban J connectivity index is 1.53. The summed E-state index contributed by atoms with van der Waals surface area (Å²) in [6, 6.07) is 0. The van der Waals surface area contributed by atoms with Crippen LogP contribution in [0.2, 0.25) is 0 Å². The van der Waals surface area contributed by atoms with E-state index in [1.54, 1.807) is 0 Å². The number of hydrogen-bond acceptors (Lipinski definition) is 2. The van der Waals surface area contributed by atoms with E-state index in [2.05, 4.69) is 13.8 Å². The molecule has 0 amide bonds. The van der Waals surface area contributed by atoms with Crippen LogP contribution >= 0.6 is 0 Å². The fourth-order valence-corrected chi connectivity index (χ4v) is 8.34. The van der Waals surface area contributed by atoms with Gasteiger partial charge in [0.05, 0.1) is 6.10 Å². The van der Waals surface area contributed by atoms with Gasteiger partial charge in [0, 0.05) is 6.42 Å². The first-order valence-corrected chi connectivity index (χ1v) is 11.3. The van der Waals surface area contributed by atoms with Crippen LogP contribution in [0.3, 0.4) is 0 Å². The average molecular weight is 363 g/mol. The molecule has 0 heterocycles. The molecule has 4 saturated carbocycles. The van der Waals surface area contributed by atoms with Crippen molar-refractivity contribution in [3.63, 3.8) is 0 Å². The van der Waals surface area contributed by atoms with Crippen LogP contribution in [0.25, 0.3) is 0 Å². The van der Waals surface area contributed by atoms with Gasteiger partial charge >= 0.3 is 5.97 Å². The molecule has 0 radical (unpaired) electrons. The number of carboxylic acids is 1. The molecule has 8 unspecified atom stereocenters. The standard InChI is InChI=1S/C23H38O3/c1-22-12-4-3-6-16(22)14-19(24)21-17-10-9-15(7-5-8-20(25)26)23(17,2)13-11-18(21)22/h15-19,21,24H,3-14H2,1-2H3,(H,25,26). The number of rotatable bonds is 4. The Kier molecular flexibility index (Phi) is 4.91. The molecule has 3 nitrogen and oxygen atoms in total. The molecular weight excluding hydrogens is 324 g/mol. The van der Waals surface area contributed by atoms with E-state index in [0.29, 0.717) is 40.9 Å². The van der Waals surface area contributed by atoms with Crippen molar-refractivity contribution >= 4 is 5.97 Å². The van der Waals surface area contributed by atoms with Gasteiger partial charge in [-0.1, -0.05) is 26.7 Å². The van der Waals surface area contributed by atoms with Gasteiger partial charge in [-0.05, 0) is 98.2 Å². The highest BCUT2D eigenvalue weighted by atomic mass is 16.4. The maximum atomic E-state index is 11.2. The molecule has 2 N–H and O–H groups in total. The normalized spacial score (nSPS) is 50.6. The summed E-state index contributed by atoms with van der Waals surface area (Å²) in [7, 11) is 0. The number of aliphatic hydroxyl groups is 1. The quantitative estimate of drug-likeness (QED) is 0.717. The molecule has 26 heavy (non-hydrogen) atoms. The van der Waals surface area contributed by atoms with Crippen molar-refractivity contribution in [2.45, 2.75) is 97.0 Å². The highest BCUT2D eigenvalue weighted by molar-refractivity contribution is 5.66. The zero-order valence-corrected chi connectivity index (χ0v) is 16.8. The minimum absolute atomic E-state index is 0.0985. The number of aliphatic carboxylic acids is 1. The molecule has 0 saturated heterocycles. The molecule has 0 aliphatic heterocycles. The minimum Gasteiger partial charge on any atom is -0.481 e. The van der Waals surface area contributed by atoms with Gasteiger partial charge in [0.2, 0.25) is 0 Å². The largest absolute Gasteiger partial charge is 0.481 e. The molecule has 4 aliphatic rings. The third kappa shape index (κ3) is 2.84. The van der Waals surface area contributed by atoms with Crippen molar-refractivity contribution in [1.82, 2.24) is 0 Å². The summed E-state index contributed by atoms with van der Waals surface area (Å²) >= 11 is 0. The summed E-state index contributed by atoms with van der Waals surface area (Å²) < 4.78 is 0. The highest BCUT2D eigenvalue weighted by Crippen LogP contribution is 2.67. The Morgan fingerprint density at radius 3 is 2.54 bits per heavy atom. The van der Waals surface area contributed by atoms with E-state index < -0.39 is 5.97 Å². The first-order chi connectivity index (χ1) is 12.4. The van der Waals surface area contributed by atoms with E-state index in [0.717, 1.165) is 25.2 Å². The molecule has 4 rings (SSSR count). The van der Waals surface area contributed by atoms with E-state index >= 15 is 0 Å². The molecular formula is C23H38O3. The molecule has 3 heteroatoms. The van der Waals surface area contributed by atoms with E-state index in [4.69, 9.17) is 5.11 Å². The van der Waals surface area contributed by atoms with Crippen LogP contribution in [0, 0.1) is 40.4 Å². The second-order valence-corrected chi connectivity index (χ2v) is 10.6. The molecule has 0 aromatic carbocycles. The lowest BCUT2D eigenvalue weighted by Crippen LogP contribution is -2.57. The summed E-state index contributed by atoms with van der Waals surface area (Å²) in [6.07, 6.45) is 13.7. The Morgan fingerprint density at radius 1 is 1.00 bits per heavy atom. The third-order valence-electron chi connectivity index (χ3n) is 9.74. The first-order valence-electron chi connectivity index (χ1n) is 11.3. The monoisotopic (exact) mass is 362 g/mol. The second-order valence-electron chi connectivity index (χ2n) is 10.6. The minimum atomic E-state index is -0.660. The average Bonchev–Trinajstić information content (AvgIpc) is 2.92. The predicted molar refractivity (Wildman–Crippen MR) is 103 cm³/mol. The van der Waals surface area contributed by atoms with Gasteiger partial charge in [-0.2, -0.15) is 0 Å². The lowest BCUT2D eigenvalue weighted by molar-refractivity contribution is -0.162. The maximum absolute atomic E-state index is 11.2. The molecule has 148 valence electrons. The lowest BCUT2D eigenvalue weighted by Gasteiger charge is -2.62. The van der Waals surface area contributed by atoms with Gasteiger partial charge in [0.1, 0.15) is 0 Å². The molecule has 8 atom stereocenters. The number of carbonyl (C=O) groups is 1. The van der Waals surface area contributed by atoms with Crippen molar-refractivity contribution in [3.05, 3.63) is 0 Å². The van der Waals surface area contributed by atoms with Crippen LogP contribution in [0.4, 0.5) is 0 Å². The second kappa shape index (κ2) is 6.79. The number of carboxylic acid groups (broad SMARTS) is 1. The summed E-state index contributed by atoms with van der Waals surface area (Å²) in [5.74, 6) is 2.62. The van der Waals surface area contributed by atoms with Gasteiger partial charge < -0.3 is 10.2 Å². The van der Waals surface area contributed by atoms with Gasteiger partial charge in [0.25, 0.3) is 0 Å². The van der Waals surface area contributed by atoms with Crippen LogP contribution < -0.4 is 0 Å². The zero-order chi connectivity index (χ0) is 18.5. The van der Waals surface area contributed by atoms with Crippen LogP contribution in [0.5, 0.6) is 0 Å². The van der Waals surface area contributed by atoms with Crippen molar-refractivity contribution in [2.24, 2.45) is 40.4 Å². The maximum Gasteiger partial charge on any atom is 0.303 e. The molecule has 0 aromatic heterocycles. The number of aliphatic hydroxyl groups excluding tert-OH is 1. The van der Waals surface area contributed by atoms with E-state index in [1.807, 2.05) is 0 Å².